The first-order valence-corrected chi connectivity index (χ1v) is 21.6. The van der Waals surface area contributed by atoms with Crippen LogP contribution in [0.3, 0.4) is 0 Å². The minimum Gasteiger partial charge on any atom is -0.456 e. The van der Waals surface area contributed by atoms with Crippen LogP contribution in [-0.2, 0) is 5.41 Å². The molecule has 64 heavy (non-hydrogen) atoms. The van der Waals surface area contributed by atoms with E-state index in [0.717, 1.165) is 110 Å². The third-order valence-electron chi connectivity index (χ3n) is 13.4. The van der Waals surface area contributed by atoms with Gasteiger partial charge in [0.15, 0.2) is 11.6 Å². The summed E-state index contributed by atoms with van der Waals surface area (Å²) < 4.78 is 14.9. The van der Waals surface area contributed by atoms with Crippen LogP contribution in [0, 0.1) is 0 Å². The van der Waals surface area contributed by atoms with Crippen molar-refractivity contribution in [1.29, 1.82) is 0 Å². The third kappa shape index (κ3) is 4.82. The number of benzene rings is 9. The van der Waals surface area contributed by atoms with Crippen LogP contribution in [0.15, 0.2) is 215 Å². The van der Waals surface area contributed by atoms with E-state index in [1.807, 2.05) is 30.3 Å². The molecule has 298 valence electrons. The Bertz CT molecular complexity index is 3940. The van der Waals surface area contributed by atoms with Gasteiger partial charge in [-0.05, 0) is 81.4 Å². The van der Waals surface area contributed by atoms with Crippen molar-refractivity contribution in [2.45, 2.75) is 5.41 Å². The van der Waals surface area contributed by atoms with Crippen molar-refractivity contribution in [3.8, 4) is 39.6 Å². The summed E-state index contributed by atoms with van der Waals surface area (Å²) in [7, 11) is 0. The zero-order chi connectivity index (χ0) is 41.9. The zero-order valence-electron chi connectivity index (χ0n) is 34.2. The lowest BCUT2D eigenvalue weighted by Crippen LogP contribution is -2.32. The monoisotopic (exact) mass is 818 g/mol. The van der Waals surface area contributed by atoms with Crippen LogP contribution >= 0.6 is 0 Å². The molecule has 6 heteroatoms. The second-order valence-electron chi connectivity index (χ2n) is 16.7. The van der Waals surface area contributed by atoms with Crippen LogP contribution in [0.5, 0.6) is 0 Å². The number of aromatic nitrogens is 4. The summed E-state index contributed by atoms with van der Waals surface area (Å²) in [4.78, 5) is 16.8. The van der Waals surface area contributed by atoms with E-state index in [4.69, 9.17) is 23.8 Å². The summed E-state index contributed by atoms with van der Waals surface area (Å²) in [6.45, 7) is 0. The number of fused-ring (bicyclic) bond motifs is 12. The number of rotatable bonds is 5. The maximum absolute atomic E-state index is 6.41. The van der Waals surface area contributed by atoms with Crippen molar-refractivity contribution < 1.29 is 8.83 Å². The minimum absolute atomic E-state index is 0.548. The van der Waals surface area contributed by atoms with E-state index in [1.165, 1.54) is 0 Å². The third-order valence-corrected chi connectivity index (χ3v) is 13.4. The summed E-state index contributed by atoms with van der Waals surface area (Å²) in [6.07, 6.45) is 0. The second-order valence-corrected chi connectivity index (χ2v) is 16.7. The van der Waals surface area contributed by atoms with Crippen LogP contribution < -0.4 is 0 Å². The normalized spacial score (nSPS) is 13.1. The van der Waals surface area contributed by atoms with E-state index in [9.17, 15) is 0 Å². The lowest BCUT2D eigenvalue weighted by molar-refractivity contribution is 0.665. The Balaban J connectivity index is 1.07. The fourth-order valence-corrected chi connectivity index (χ4v) is 10.6. The topological polar surface area (TPSA) is 69.9 Å². The number of furan rings is 2. The van der Waals surface area contributed by atoms with Gasteiger partial charge in [0.25, 0.3) is 0 Å². The molecule has 14 rings (SSSR count). The Morgan fingerprint density at radius 2 is 0.906 bits per heavy atom. The van der Waals surface area contributed by atoms with E-state index in [2.05, 4.69) is 180 Å². The van der Waals surface area contributed by atoms with Gasteiger partial charge in [-0.2, -0.15) is 9.97 Å². The van der Waals surface area contributed by atoms with Crippen LogP contribution in [0.2, 0.25) is 0 Å². The van der Waals surface area contributed by atoms with Gasteiger partial charge in [-0.15, -0.1) is 0 Å². The lowest BCUT2D eigenvalue weighted by Gasteiger charge is -2.32. The van der Waals surface area contributed by atoms with Crippen molar-refractivity contribution in [2.75, 3.05) is 0 Å². The molecule has 0 aliphatic heterocycles. The molecule has 0 atom stereocenters. The Labute approximate surface area is 366 Å². The predicted octanol–water partition coefficient (Wildman–Crippen LogP) is 14.5. The molecule has 0 bridgehead atoms. The molecular formula is C58H34N4O2. The first kappa shape index (κ1) is 35.0. The molecule has 6 nitrogen and oxygen atoms in total. The van der Waals surface area contributed by atoms with Gasteiger partial charge in [-0.3, -0.25) is 4.57 Å². The molecule has 13 aromatic rings. The summed E-state index contributed by atoms with van der Waals surface area (Å²) in [5, 5.41) is 6.58. The molecule has 4 aromatic heterocycles. The molecule has 1 aliphatic rings. The highest BCUT2D eigenvalue weighted by molar-refractivity contribution is 6.13. The predicted molar refractivity (Wildman–Crippen MR) is 257 cm³/mol. The first-order chi connectivity index (χ1) is 31.7. The molecule has 0 saturated heterocycles. The molecule has 9 aromatic carbocycles. The van der Waals surface area contributed by atoms with Crippen molar-refractivity contribution >= 4 is 65.7 Å². The summed E-state index contributed by atoms with van der Waals surface area (Å²) in [6, 6.07) is 72.4. The number of para-hydroxylation sites is 4. The maximum atomic E-state index is 6.41. The second kappa shape index (κ2) is 13.2. The molecule has 0 fully saturated rings. The molecule has 0 radical (unpaired) electrons. The largest absolute Gasteiger partial charge is 0.456 e. The Kier molecular flexibility index (Phi) is 7.22. The van der Waals surface area contributed by atoms with Crippen molar-refractivity contribution in [1.82, 2.24) is 19.5 Å². The lowest BCUT2D eigenvalue weighted by atomic mass is 9.71. The first-order valence-electron chi connectivity index (χ1n) is 21.6. The molecule has 0 saturated carbocycles. The highest BCUT2D eigenvalue weighted by atomic mass is 16.3. The number of hydrogen-bond donors (Lipinski definition) is 0. The fourth-order valence-electron chi connectivity index (χ4n) is 10.6. The summed E-state index contributed by atoms with van der Waals surface area (Å²) in [5.74, 6) is 1.77. The average Bonchev–Trinajstić information content (AvgIpc) is 4.11. The quantitative estimate of drug-likeness (QED) is 0.173. The van der Waals surface area contributed by atoms with Gasteiger partial charge in [0.2, 0.25) is 5.95 Å². The average molecular weight is 819 g/mol. The smallest absolute Gasteiger partial charge is 0.238 e. The van der Waals surface area contributed by atoms with Crippen LogP contribution in [0.1, 0.15) is 22.5 Å². The summed E-state index contributed by atoms with van der Waals surface area (Å²) in [5.41, 5.74) is 13.2. The molecule has 0 N–H and O–H groups in total. The molecule has 0 unspecified atom stereocenters. The zero-order valence-corrected chi connectivity index (χ0v) is 34.2. The van der Waals surface area contributed by atoms with E-state index in [1.54, 1.807) is 0 Å². The molecular weight excluding hydrogens is 785 g/mol. The maximum Gasteiger partial charge on any atom is 0.238 e. The van der Waals surface area contributed by atoms with Crippen molar-refractivity contribution in [3.05, 3.63) is 229 Å². The van der Waals surface area contributed by atoms with Crippen molar-refractivity contribution in [3.63, 3.8) is 0 Å². The van der Waals surface area contributed by atoms with Gasteiger partial charge >= 0.3 is 0 Å². The van der Waals surface area contributed by atoms with Crippen LogP contribution in [0.4, 0.5) is 0 Å². The Hall–Kier alpha value is -8.61. The standard InChI is InChI=1S/C58H34N4O2/c1-7-21-46-39(14-1)40-15-2-8-22-47(40)58(46,37-32-33-52-45(34-37)43-18-5-11-25-50(43)63-52)56-59-55(60-57(61-56)62-48-23-9-3-16-41(48)42-17-4-10-24-49(42)62)36-30-28-35(29-31-36)38-20-13-27-53-54(38)44-19-6-12-26-51(44)64-53/h1-34H. The molecule has 0 spiro atoms. The van der Waals surface area contributed by atoms with Gasteiger partial charge < -0.3 is 8.83 Å². The Morgan fingerprint density at radius 1 is 0.375 bits per heavy atom. The molecule has 1 aliphatic carbocycles. The van der Waals surface area contributed by atoms with Gasteiger partial charge in [-0.1, -0.05) is 164 Å². The highest BCUT2D eigenvalue weighted by Gasteiger charge is 2.49. The van der Waals surface area contributed by atoms with Crippen LogP contribution in [-0.4, -0.2) is 19.5 Å². The minimum atomic E-state index is -0.928. The van der Waals surface area contributed by atoms with E-state index < -0.39 is 5.41 Å². The summed E-state index contributed by atoms with van der Waals surface area (Å²) >= 11 is 0. The van der Waals surface area contributed by atoms with Crippen LogP contribution in [0.25, 0.3) is 105 Å². The van der Waals surface area contributed by atoms with E-state index in [-0.39, 0.29) is 0 Å². The number of nitrogens with zero attached hydrogens (tertiary/aromatic N) is 4. The molecule has 4 heterocycles. The van der Waals surface area contributed by atoms with Gasteiger partial charge in [-0.25, -0.2) is 4.98 Å². The highest BCUT2D eigenvalue weighted by Crippen LogP contribution is 2.56. The van der Waals surface area contributed by atoms with Gasteiger partial charge in [0.1, 0.15) is 27.7 Å². The van der Waals surface area contributed by atoms with Gasteiger partial charge in [0, 0.05) is 37.9 Å². The SMILES string of the molecule is c1ccc2c(c1)-c1ccccc1C2(c1ccc2oc3ccccc3c2c1)c1nc(-c2ccc(-c3cccc4oc5ccccc5c34)cc2)nc(-n2c3ccccc3c3ccccc32)n1. The van der Waals surface area contributed by atoms with E-state index in [0.29, 0.717) is 17.6 Å². The molecule has 0 amide bonds. The Morgan fingerprint density at radius 3 is 1.62 bits per heavy atom. The fraction of sp³-hybridized carbons (Fsp3) is 0.0172. The van der Waals surface area contributed by atoms with Crippen molar-refractivity contribution in [2.24, 2.45) is 0 Å². The van der Waals surface area contributed by atoms with Gasteiger partial charge in [0.05, 0.1) is 11.0 Å². The number of hydrogen-bond acceptors (Lipinski definition) is 5. The van der Waals surface area contributed by atoms with E-state index >= 15 is 0 Å².